The number of anilines is 3. The number of carbonyl (C=O) groups excluding carboxylic acids is 1. The smallest absolute Gasteiger partial charge is 0.369 e. The molecule has 0 bridgehead atoms. The molecule has 2 aliphatic rings. The van der Waals surface area contributed by atoms with E-state index in [1.54, 1.807) is 16.8 Å². The molecule has 2 aliphatic heterocycles. The van der Waals surface area contributed by atoms with Crippen LogP contribution in [0.15, 0.2) is 6.33 Å². The first kappa shape index (κ1) is 16.7. The van der Waals surface area contributed by atoms with Crippen LogP contribution in [0.1, 0.15) is 12.8 Å². The molecular weight excluding hydrogens is 327 g/mol. The second kappa shape index (κ2) is 5.76. The van der Waals surface area contributed by atoms with Gasteiger partial charge in [0.2, 0.25) is 5.91 Å². The lowest BCUT2D eigenvalue weighted by atomic mass is 9.90. The van der Waals surface area contributed by atoms with Crippen LogP contribution in [0.5, 0.6) is 0 Å². The minimum absolute atomic E-state index is 0.121. The molecule has 0 aromatic carbocycles. The molecule has 0 aliphatic carbocycles. The Hall–Kier alpha value is -2.10. The lowest BCUT2D eigenvalue weighted by Crippen LogP contribution is -2.55. The van der Waals surface area contributed by atoms with Crippen molar-refractivity contribution in [1.82, 2.24) is 9.97 Å². The maximum atomic E-state index is 13.3. The number of likely N-dealkylation sites (N-methyl/N-ethyl adjacent to an activating group) is 1. The minimum Gasteiger partial charge on any atom is -0.369 e. The van der Waals surface area contributed by atoms with Crippen molar-refractivity contribution in [2.75, 3.05) is 48.9 Å². The number of carbonyl (C=O) groups is 1. The number of aromatic nitrogens is 2. The molecule has 0 radical (unpaired) electrons. The molecule has 1 N–H and O–H groups in total. The van der Waals surface area contributed by atoms with E-state index in [1.807, 2.05) is 0 Å². The van der Waals surface area contributed by atoms with Crippen molar-refractivity contribution >= 4 is 23.2 Å². The fourth-order valence-corrected chi connectivity index (χ4v) is 3.16. The highest BCUT2D eigenvalue weighted by atomic mass is 19.4. The predicted molar refractivity (Wildman–Crippen MR) is 81.2 cm³/mol. The molecule has 7 nitrogen and oxygen atoms in total. The van der Waals surface area contributed by atoms with Gasteiger partial charge in [-0.3, -0.25) is 4.79 Å². The maximum Gasteiger partial charge on any atom is 0.417 e. The Kier molecular flexibility index (Phi) is 4.02. The van der Waals surface area contributed by atoms with E-state index in [-0.39, 0.29) is 38.4 Å². The Morgan fingerprint density at radius 2 is 1.88 bits per heavy atom. The molecule has 132 valence electrons. The zero-order chi connectivity index (χ0) is 17.5. The summed E-state index contributed by atoms with van der Waals surface area (Å²) >= 11 is 0. The number of hydrogen-bond acceptors (Lipinski definition) is 6. The van der Waals surface area contributed by atoms with Crippen molar-refractivity contribution in [1.29, 1.82) is 0 Å². The number of fused-ring (bicyclic) bond motifs is 1. The second-order valence-corrected chi connectivity index (χ2v) is 5.98. The quantitative estimate of drug-likeness (QED) is 0.874. The van der Waals surface area contributed by atoms with Crippen molar-refractivity contribution in [3.8, 4) is 0 Å². The van der Waals surface area contributed by atoms with E-state index in [0.29, 0.717) is 17.3 Å². The highest BCUT2D eigenvalue weighted by Gasteiger charge is 2.56. The largest absolute Gasteiger partial charge is 0.417 e. The molecule has 0 unspecified atom stereocenters. The van der Waals surface area contributed by atoms with Gasteiger partial charge in [0.1, 0.15) is 12.0 Å². The van der Waals surface area contributed by atoms with Gasteiger partial charge >= 0.3 is 6.18 Å². The highest BCUT2D eigenvalue weighted by molar-refractivity contribution is 6.03. The minimum atomic E-state index is -4.42. The van der Waals surface area contributed by atoms with Crippen molar-refractivity contribution < 1.29 is 22.7 Å². The first-order valence-corrected chi connectivity index (χ1v) is 7.50. The number of rotatable bonds is 2. The number of alkyl halides is 3. The lowest BCUT2D eigenvalue weighted by Gasteiger charge is -2.42. The van der Waals surface area contributed by atoms with E-state index in [2.05, 4.69) is 15.3 Å². The number of amides is 1. The van der Waals surface area contributed by atoms with E-state index in [4.69, 9.17) is 4.74 Å². The van der Waals surface area contributed by atoms with Crippen LogP contribution in [0.25, 0.3) is 0 Å². The molecule has 1 aromatic rings. The molecule has 1 aromatic heterocycles. The fourth-order valence-electron chi connectivity index (χ4n) is 3.16. The van der Waals surface area contributed by atoms with Gasteiger partial charge in [0.05, 0.1) is 6.54 Å². The van der Waals surface area contributed by atoms with E-state index >= 15 is 0 Å². The van der Waals surface area contributed by atoms with Crippen molar-refractivity contribution in [2.24, 2.45) is 0 Å². The van der Waals surface area contributed by atoms with Gasteiger partial charge in [-0.25, -0.2) is 9.97 Å². The van der Waals surface area contributed by atoms with E-state index in [0.717, 1.165) is 7.11 Å². The van der Waals surface area contributed by atoms with Crippen molar-refractivity contribution in [3.63, 3.8) is 0 Å². The lowest BCUT2D eigenvalue weighted by molar-refractivity contribution is -0.276. The Morgan fingerprint density at radius 3 is 2.46 bits per heavy atom. The molecule has 0 atom stereocenters. The summed E-state index contributed by atoms with van der Waals surface area (Å²) in [6.07, 6.45) is -3.47. The summed E-state index contributed by atoms with van der Waals surface area (Å²) in [5.74, 6) is 0.783. The number of piperidine rings is 1. The third-order valence-electron chi connectivity index (χ3n) is 4.59. The summed E-state index contributed by atoms with van der Waals surface area (Å²) in [6.45, 7) is 0.414. The second-order valence-electron chi connectivity index (χ2n) is 5.98. The SMILES string of the molecule is COC1(C(F)(F)F)CCN(c2ncnc3c2NC(=O)CN3C)CC1. The third-order valence-corrected chi connectivity index (χ3v) is 4.59. The van der Waals surface area contributed by atoms with Gasteiger partial charge in [0.15, 0.2) is 17.2 Å². The zero-order valence-electron chi connectivity index (χ0n) is 13.4. The summed E-state index contributed by atoms with van der Waals surface area (Å²) in [6, 6.07) is 0. The Labute approximate surface area is 136 Å². The van der Waals surface area contributed by atoms with Gasteiger partial charge in [-0.2, -0.15) is 13.2 Å². The van der Waals surface area contributed by atoms with Crippen LogP contribution >= 0.6 is 0 Å². The van der Waals surface area contributed by atoms with E-state index in [1.165, 1.54) is 6.33 Å². The predicted octanol–water partition coefficient (Wildman–Crippen LogP) is 1.41. The van der Waals surface area contributed by atoms with E-state index in [9.17, 15) is 18.0 Å². The molecule has 3 heterocycles. The van der Waals surface area contributed by atoms with Crippen LogP contribution < -0.4 is 15.1 Å². The van der Waals surface area contributed by atoms with Crippen molar-refractivity contribution in [2.45, 2.75) is 24.6 Å². The highest BCUT2D eigenvalue weighted by Crippen LogP contribution is 2.43. The standard InChI is InChI=1S/C14H18F3N5O2/c1-21-7-9(23)20-10-11(21)18-8-19-12(10)22-5-3-13(24-2,4-6-22)14(15,16)17/h8H,3-7H2,1-2H3,(H,20,23). The summed E-state index contributed by atoms with van der Waals surface area (Å²) in [4.78, 5) is 23.5. The topological polar surface area (TPSA) is 70.6 Å². The first-order valence-electron chi connectivity index (χ1n) is 7.50. The average molecular weight is 345 g/mol. The van der Waals surface area contributed by atoms with Gasteiger partial charge in [-0.15, -0.1) is 0 Å². The van der Waals surface area contributed by atoms with Gasteiger partial charge in [0, 0.05) is 40.1 Å². The zero-order valence-corrected chi connectivity index (χ0v) is 13.4. The van der Waals surface area contributed by atoms with Crippen LogP contribution in [0.2, 0.25) is 0 Å². The maximum absolute atomic E-state index is 13.3. The number of ether oxygens (including phenoxy) is 1. The fraction of sp³-hybridized carbons (Fsp3) is 0.643. The summed E-state index contributed by atoms with van der Waals surface area (Å²) in [5.41, 5.74) is -1.69. The summed E-state index contributed by atoms with van der Waals surface area (Å²) < 4.78 is 44.6. The van der Waals surface area contributed by atoms with E-state index < -0.39 is 11.8 Å². The Bertz CT molecular complexity index is 644. The molecule has 3 rings (SSSR count). The van der Waals surface area contributed by atoms with Crippen LogP contribution in [0.3, 0.4) is 0 Å². The first-order chi connectivity index (χ1) is 11.3. The number of hydrogen-bond donors (Lipinski definition) is 1. The van der Waals surface area contributed by atoms with Gasteiger partial charge in [0.25, 0.3) is 0 Å². The van der Waals surface area contributed by atoms with Crippen LogP contribution in [-0.2, 0) is 9.53 Å². The molecular formula is C14H18F3N5O2. The summed E-state index contributed by atoms with van der Waals surface area (Å²) in [7, 11) is 2.81. The number of methoxy groups -OCH3 is 1. The molecule has 10 heteroatoms. The third kappa shape index (κ3) is 2.64. The van der Waals surface area contributed by atoms with Crippen LogP contribution in [0.4, 0.5) is 30.5 Å². The molecule has 24 heavy (non-hydrogen) atoms. The number of nitrogens with one attached hydrogen (secondary N) is 1. The van der Waals surface area contributed by atoms with Gasteiger partial charge in [-0.05, 0) is 0 Å². The normalized spacial score (nSPS) is 20.6. The van der Waals surface area contributed by atoms with Crippen molar-refractivity contribution in [3.05, 3.63) is 6.33 Å². The van der Waals surface area contributed by atoms with Gasteiger partial charge in [-0.1, -0.05) is 0 Å². The Morgan fingerprint density at radius 1 is 1.25 bits per heavy atom. The molecule has 1 saturated heterocycles. The number of halogens is 3. The molecule has 0 spiro atoms. The molecule has 1 amide bonds. The molecule has 0 saturated carbocycles. The number of nitrogens with zero attached hydrogens (tertiary/aromatic N) is 4. The van der Waals surface area contributed by atoms with Crippen LogP contribution in [-0.4, -0.2) is 61.4 Å². The monoisotopic (exact) mass is 345 g/mol. The van der Waals surface area contributed by atoms with Crippen LogP contribution in [0, 0.1) is 0 Å². The summed E-state index contributed by atoms with van der Waals surface area (Å²) in [5, 5.41) is 2.72. The average Bonchev–Trinajstić information content (AvgIpc) is 2.53. The Balaban J connectivity index is 1.86. The van der Waals surface area contributed by atoms with Gasteiger partial charge < -0.3 is 19.9 Å². The molecule has 1 fully saturated rings.